The van der Waals surface area contributed by atoms with Crippen LogP contribution in [0.2, 0.25) is 0 Å². The second kappa shape index (κ2) is 5.73. The minimum absolute atomic E-state index is 0.0753. The quantitative estimate of drug-likeness (QED) is 0.927. The van der Waals surface area contributed by atoms with Crippen molar-refractivity contribution in [3.05, 3.63) is 15.6 Å². The highest BCUT2D eigenvalue weighted by molar-refractivity contribution is 7.91. The lowest BCUT2D eigenvalue weighted by Crippen LogP contribution is -2.35. The topological polar surface area (TPSA) is 59.1 Å². The number of thiazole rings is 1. The van der Waals surface area contributed by atoms with Gasteiger partial charge in [0, 0.05) is 22.9 Å². The Morgan fingerprint density at radius 2 is 2.10 bits per heavy atom. The zero-order valence-corrected chi connectivity index (χ0v) is 14.3. The van der Waals surface area contributed by atoms with Gasteiger partial charge in [-0.2, -0.15) is 0 Å². The van der Waals surface area contributed by atoms with Crippen molar-refractivity contribution in [2.24, 2.45) is 0 Å². The lowest BCUT2D eigenvalue weighted by molar-refractivity contribution is 0.425. The fourth-order valence-corrected chi connectivity index (χ4v) is 5.41. The first-order valence-corrected chi connectivity index (χ1v) is 9.78. The molecule has 6 heteroatoms. The first-order chi connectivity index (χ1) is 9.20. The van der Waals surface area contributed by atoms with Gasteiger partial charge in [0.1, 0.15) is 0 Å². The smallest absolute Gasteiger partial charge is 0.151 e. The average Bonchev–Trinajstić information content (AvgIpc) is 2.88. The van der Waals surface area contributed by atoms with E-state index in [9.17, 15) is 8.42 Å². The van der Waals surface area contributed by atoms with Gasteiger partial charge in [-0.15, -0.1) is 11.3 Å². The molecule has 1 aromatic rings. The zero-order valence-electron chi connectivity index (χ0n) is 12.7. The molecule has 1 atom stereocenters. The van der Waals surface area contributed by atoms with Gasteiger partial charge in [-0.25, -0.2) is 13.4 Å². The molecule has 20 heavy (non-hydrogen) atoms. The number of hydrogen-bond acceptors (Lipinski definition) is 5. The number of hydrogen-bond donors (Lipinski definition) is 1. The molecule has 0 radical (unpaired) electrons. The normalized spacial score (nSPS) is 22.3. The van der Waals surface area contributed by atoms with E-state index >= 15 is 0 Å². The number of nitrogens with one attached hydrogen (secondary N) is 1. The molecule has 0 saturated carbocycles. The largest absolute Gasteiger partial charge is 0.307 e. The van der Waals surface area contributed by atoms with Crippen LogP contribution in [-0.4, -0.2) is 30.4 Å². The van der Waals surface area contributed by atoms with Crippen LogP contribution in [0.15, 0.2) is 0 Å². The molecule has 2 rings (SSSR count). The Balaban J connectivity index is 2.15. The van der Waals surface area contributed by atoms with E-state index in [-0.39, 0.29) is 17.2 Å². The standard InChI is InChI=1S/C14H24N2O2S2/c1-5-11-12(8-15-14(2,3)4)19-13(16-11)10-6-7-20(17,18)9-10/h10,15H,5-9H2,1-4H3. The van der Waals surface area contributed by atoms with Crippen LogP contribution in [-0.2, 0) is 22.8 Å². The van der Waals surface area contributed by atoms with Crippen molar-refractivity contribution in [2.45, 2.75) is 58.5 Å². The second-order valence-electron chi connectivity index (χ2n) is 6.48. The number of sulfone groups is 1. The summed E-state index contributed by atoms with van der Waals surface area (Å²) < 4.78 is 23.2. The van der Waals surface area contributed by atoms with Crippen LogP contribution in [0, 0.1) is 0 Å². The summed E-state index contributed by atoms with van der Waals surface area (Å²) in [7, 11) is -2.84. The van der Waals surface area contributed by atoms with Gasteiger partial charge in [-0.05, 0) is 33.6 Å². The highest BCUT2D eigenvalue weighted by atomic mass is 32.2. The minimum atomic E-state index is -2.84. The van der Waals surface area contributed by atoms with Crippen molar-refractivity contribution in [3.8, 4) is 0 Å². The summed E-state index contributed by atoms with van der Waals surface area (Å²) in [4.78, 5) is 5.94. The van der Waals surface area contributed by atoms with Crippen molar-refractivity contribution < 1.29 is 8.42 Å². The van der Waals surface area contributed by atoms with E-state index in [0.29, 0.717) is 5.75 Å². The number of nitrogens with zero attached hydrogens (tertiary/aromatic N) is 1. The summed E-state index contributed by atoms with van der Waals surface area (Å²) in [6, 6.07) is 0. The van der Waals surface area contributed by atoms with Crippen molar-refractivity contribution >= 4 is 21.2 Å². The molecule has 2 heterocycles. The molecule has 0 amide bonds. The molecule has 1 fully saturated rings. The molecule has 0 aliphatic carbocycles. The monoisotopic (exact) mass is 316 g/mol. The molecule has 1 saturated heterocycles. The third kappa shape index (κ3) is 4.02. The van der Waals surface area contributed by atoms with Gasteiger partial charge in [0.25, 0.3) is 0 Å². The third-order valence-corrected chi connectivity index (χ3v) is 6.52. The van der Waals surface area contributed by atoms with E-state index in [1.165, 1.54) is 4.88 Å². The van der Waals surface area contributed by atoms with Gasteiger partial charge in [0.15, 0.2) is 9.84 Å². The van der Waals surface area contributed by atoms with Gasteiger partial charge in [0.05, 0.1) is 22.2 Å². The summed E-state index contributed by atoms with van der Waals surface area (Å²) in [5.74, 6) is 0.697. The molecule has 0 bridgehead atoms. The van der Waals surface area contributed by atoms with Crippen LogP contribution < -0.4 is 5.32 Å². The van der Waals surface area contributed by atoms with Gasteiger partial charge in [-0.3, -0.25) is 0 Å². The molecule has 0 aromatic carbocycles. The zero-order chi connectivity index (χ0) is 15.0. The first-order valence-electron chi connectivity index (χ1n) is 7.14. The highest BCUT2D eigenvalue weighted by Gasteiger charge is 2.31. The molecule has 1 unspecified atom stereocenters. The summed E-state index contributed by atoms with van der Waals surface area (Å²) >= 11 is 1.68. The Bertz CT molecular complexity index is 570. The summed E-state index contributed by atoms with van der Waals surface area (Å²) in [5, 5.41) is 4.49. The Morgan fingerprint density at radius 3 is 2.60 bits per heavy atom. The van der Waals surface area contributed by atoms with Crippen molar-refractivity contribution in [2.75, 3.05) is 11.5 Å². The predicted molar refractivity (Wildman–Crippen MR) is 84.1 cm³/mol. The Morgan fingerprint density at radius 1 is 1.40 bits per heavy atom. The van der Waals surface area contributed by atoms with Crippen LogP contribution >= 0.6 is 11.3 Å². The highest BCUT2D eigenvalue weighted by Crippen LogP contribution is 2.33. The first kappa shape index (κ1) is 15.9. The molecule has 1 N–H and O–H groups in total. The Hall–Kier alpha value is -0.460. The lowest BCUT2D eigenvalue weighted by atomic mass is 10.1. The maximum atomic E-state index is 11.6. The fraction of sp³-hybridized carbons (Fsp3) is 0.786. The van der Waals surface area contributed by atoms with Crippen LogP contribution in [0.4, 0.5) is 0 Å². The van der Waals surface area contributed by atoms with Crippen LogP contribution in [0.3, 0.4) is 0 Å². The average molecular weight is 316 g/mol. The van der Waals surface area contributed by atoms with Crippen LogP contribution in [0.5, 0.6) is 0 Å². The van der Waals surface area contributed by atoms with Crippen molar-refractivity contribution in [3.63, 3.8) is 0 Å². The van der Waals surface area contributed by atoms with Gasteiger partial charge < -0.3 is 5.32 Å². The van der Waals surface area contributed by atoms with Gasteiger partial charge in [-0.1, -0.05) is 6.92 Å². The van der Waals surface area contributed by atoms with E-state index in [2.05, 4.69) is 33.0 Å². The Labute approximate surface area is 125 Å². The second-order valence-corrected chi connectivity index (χ2v) is 9.82. The SMILES string of the molecule is CCc1nc(C2CCS(=O)(=O)C2)sc1CNC(C)(C)C. The molecular weight excluding hydrogens is 292 g/mol. The molecule has 1 aliphatic rings. The fourth-order valence-electron chi connectivity index (χ4n) is 2.33. The molecule has 1 aromatic heterocycles. The predicted octanol–water partition coefficient (Wildman–Crippen LogP) is 2.50. The van der Waals surface area contributed by atoms with Crippen LogP contribution in [0.1, 0.15) is 55.6 Å². The Kier molecular flexibility index (Phi) is 4.56. The van der Waals surface area contributed by atoms with E-state index in [0.717, 1.165) is 30.1 Å². The summed E-state index contributed by atoms with van der Waals surface area (Å²) in [5.41, 5.74) is 1.19. The van der Waals surface area contributed by atoms with E-state index in [1.807, 2.05) is 0 Å². The van der Waals surface area contributed by atoms with Gasteiger partial charge >= 0.3 is 0 Å². The maximum Gasteiger partial charge on any atom is 0.151 e. The number of rotatable bonds is 4. The molecule has 4 nitrogen and oxygen atoms in total. The summed E-state index contributed by atoms with van der Waals surface area (Å²) in [6.45, 7) is 9.34. The lowest BCUT2D eigenvalue weighted by Gasteiger charge is -2.20. The number of aromatic nitrogens is 1. The molecule has 114 valence electrons. The summed E-state index contributed by atoms with van der Waals surface area (Å²) in [6.07, 6.45) is 1.63. The minimum Gasteiger partial charge on any atom is -0.307 e. The van der Waals surface area contributed by atoms with Gasteiger partial charge in [0.2, 0.25) is 0 Å². The van der Waals surface area contributed by atoms with Crippen LogP contribution in [0.25, 0.3) is 0 Å². The van der Waals surface area contributed by atoms with E-state index in [4.69, 9.17) is 4.98 Å². The molecule has 0 spiro atoms. The number of aryl methyl sites for hydroxylation is 1. The molecular formula is C14H24N2O2S2. The van der Waals surface area contributed by atoms with E-state index in [1.54, 1.807) is 11.3 Å². The van der Waals surface area contributed by atoms with Crippen molar-refractivity contribution in [1.82, 2.24) is 10.3 Å². The maximum absolute atomic E-state index is 11.6. The van der Waals surface area contributed by atoms with E-state index < -0.39 is 9.84 Å². The van der Waals surface area contributed by atoms with Crippen molar-refractivity contribution in [1.29, 1.82) is 0 Å². The molecule has 1 aliphatic heterocycles. The third-order valence-electron chi connectivity index (χ3n) is 3.49.